The molecule has 1 aliphatic carbocycles. The maximum absolute atomic E-state index is 11.8. The zero-order valence-electron chi connectivity index (χ0n) is 21.3. The lowest BCUT2D eigenvalue weighted by molar-refractivity contribution is -0.198. The largest absolute Gasteiger partial charge is 0.378 e. The standard InChI is InChI=1S/C25H38N2O10/c28-22(20-36-21-6-4-2-1-3-5-7-21)26-11-13-33-15-17-35-19-18-34-16-14-32-12-10-25(31)37-27-23(29)8-9-24(27)30/h21H,1-4,6,8-20H2,(H,26,28). The highest BCUT2D eigenvalue weighted by molar-refractivity contribution is 6.01. The van der Waals surface area contributed by atoms with Crippen LogP contribution in [0.3, 0.4) is 0 Å². The van der Waals surface area contributed by atoms with Gasteiger partial charge >= 0.3 is 5.97 Å². The number of hydroxylamine groups is 2. The Morgan fingerprint density at radius 3 is 2.14 bits per heavy atom. The highest BCUT2D eigenvalue weighted by Crippen LogP contribution is 2.12. The number of imide groups is 1. The summed E-state index contributed by atoms with van der Waals surface area (Å²) in [5.41, 5.74) is 0. The third kappa shape index (κ3) is 14.7. The van der Waals surface area contributed by atoms with Gasteiger partial charge in [0.15, 0.2) is 0 Å². The number of carbonyl (C=O) groups excluding carboxylic acids is 4. The molecule has 1 atom stereocenters. The second-order valence-corrected chi connectivity index (χ2v) is 8.31. The lowest BCUT2D eigenvalue weighted by Crippen LogP contribution is -2.32. The summed E-state index contributed by atoms with van der Waals surface area (Å²) in [6.45, 7) is 3.06. The first-order valence-corrected chi connectivity index (χ1v) is 12.8. The molecule has 208 valence electrons. The molecule has 0 radical (unpaired) electrons. The minimum Gasteiger partial charge on any atom is -0.378 e. The molecule has 0 saturated carbocycles. The van der Waals surface area contributed by atoms with Crippen LogP contribution in [0.5, 0.6) is 0 Å². The van der Waals surface area contributed by atoms with Crippen LogP contribution < -0.4 is 5.32 Å². The maximum atomic E-state index is 11.8. The fourth-order valence-corrected chi connectivity index (χ4v) is 3.32. The average molecular weight is 527 g/mol. The van der Waals surface area contributed by atoms with Crippen LogP contribution in [0.4, 0.5) is 0 Å². The Morgan fingerprint density at radius 1 is 0.838 bits per heavy atom. The molecule has 0 bridgehead atoms. The SMILES string of the molecule is O=C(COC1C#CCCCCC1)NCCOCCOCCOCCOCCC(=O)ON1C(=O)CCC1=O. The average Bonchev–Trinajstić information content (AvgIpc) is 3.17. The summed E-state index contributed by atoms with van der Waals surface area (Å²) >= 11 is 0. The first kappa shape index (κ1) is 30.7. The van der Waals surface area contributed by atoms with Crippen LogP contribution >= 0.6 is 0 Å². The van der Waals surface area contributed by atoms with Gasteiger partial charge in [-0.3, -0.25) is 14.4 Å². The fourth-order valence-electron chi connectivity index (χ4n) is 3.32. The van der Waals surface area contributed by atoms with Crippen molar-refractivity contribution in [2.75, 3.05) is 66.0 Å². The smallest absolute Gasteiger partial charge is 0.335 e. The Hall–Kier alpha value is -2.56. The van der Waals surface area contributed by atoms with E-state index in [0.717, 1.165) is 32.1 Å². The van der Waals surface area contributed by atoms with Crippen molar-refractivity contribution in [3.05, 3.63) is 0 Å². The summed E-state index contributed by atoms with van der Waals surface area (Å²) in [4.78, 5) is 50.9. The van der Waals surface area contributed by atoms with E-state index in [1.165, 1.54) is 0 Å². The quantitative estimate of drug-likeness (QED) is 0.144. The van der Waals surface area contributed by atoms with Gasteiger partial charge in [-0.25, -0.2) is 4.79 Å². The van der Waals surface area contributed by atoms with E-state index in [9.17, 15) is 19.2 Å². The highest BCUT2D eigenvalue weighted by Gasteiger charge is 2.32. The van der Waals surface area contributed by atoms with Crippen molar-refractivity contribution in [2.45, 2.75) is 57.5 Å². The summed E-state index contributed by atoms with van der Waals surface area (Å²) in [6.07, 6.45) is 5.01. The third-order valence-electron chi connectivity index (χ3n) is 5.28. The van der Waals surface area contributed by atoms with Crippen molar-refractivity contribution in [3.8, 4) is 11.8 Å². The lowest BCUT2D eigenvalue weighted by atomic mass is 10.1. The monoisotopic (exact) mass is 526 g/mol. The predicted octanol–water partition coefficient (Wildman–Crippen LogP) is 0.519. The number of ether oxygens (including phenoxy) is 5. The van der Waals surface area contributed by atoms with Crippen LogP contribution in [-0.2, 0) is 47.7 Å². The molecule has 1 fully saturated rings. The second kappa shape index (κ2) is 19.5. The van der Waals surface area contributed by atoms with Crippen LogP contribution in [0.2, 0.25) is 0 Å². The molecule has 0 aromatic rings. The number of nitrogens with one attached hydrogen (secondary N) is 1. The molecule has 12 heteroatoms. The second-order valence-electron chi connectivity index (χ2n) is 8.31. The number of hydrogen-bond donors (Lipinski definition) is 1. The number of carbonyl (C=O) groups is 4. The van der Waals surface area contributed by atoms with E-state index in [0.29, 0.717) is 51.2 Å². The van der Waals surface area contributed by atoms with E-state index in [1.54, 1.807) is 0 Å². The van der Waals surface area contributed by atoms with Crippen molar-refractivity contribution in [1.29, 1.82) is 0 Å². The van der Waals surface area contributed by atoms with Gasteiger partial charge in [-0.2, -0.15) is 0 Å². The summed E-state index contributed by atoms with van der Waals surface area (Å²) < 4.78 is 27.0. The van der Waals surface area contributed by atoms with Crippen LogP contribution in [0.1, 0.15) is 51.4 Å². The van der Waals surface area contributed by atoms with E-state index in [-0.39, 0.29) is 51.1 Å². The van der Waals surface area contributed by atoms with Gasteiger partial charge in [0, 0.05) is 25.8 Å². The van der Waals surface area contributed by atoms with Crippen LogP contribution in [0, 0.1) is 11.8 Å². The molecule has 3 amide bonds. The molecular formula is C25H38N2O10. The fraction of sp³-hybridized carbons (Fsp3) is 0.760. The van der Waals surface area contributed by atoms with Gasteiger partial charge in [-0.1, -0.05) is 12.3 Å². The molecule has 2 rings (SSSR count). The molecule has 0 aromatic carbocycles. The molecule has 12 nitrogen and oxygen atoms in total. The predicted molar refractivity (Wildman–Crippen MR) is 129 cm³/mol. The van der Waals surface area contributed by atoms with Crippen molar-refractivity contribution in [3.63, 3.8) is 0 Å². The van der Waals surface area contributed by atoms with Gasteiger partial charge in [-0.05, 0) is 19.3 Å². The molecule has 0 aromatic heterocycles. The van der Waals surface area contributed by atoms with E-state index >= 15 is 0 Å². The van der Waals surface area contributed by atoms with Crippen molar-refractivity contribution < 1.29 is 47.7 Å². The summed E-state index contributed by atoms with van der Waals surface area (Å²) in [7, 11) is 0. The van der Waals surface area contributed by atoms with Gasteiger partial charge < -0.3 is 33.8 Å². The molecule has 1 aliphatic heterocycles. The Morgan fingerprint density at radius 2 is 1.46 bits per heavy atom. The molecule has 2 aliphatic rings. The molecule has 1 N–H and O–H groups in total. The normalized spacial score (nSPS) is 17.6. The van der Waals surface area contributed by atoms with Gasteiger partial charge in [0.1, 0.15) is 12.7 Å². The van der Waals surface area contributed by atoms with Crippen molar-refractivity contribution in [1.82, 2.24) is 10.4 Å². The molecule has 37 heavy (non-hydrogen) atoms. The van der Waals surface area contributed by atoms with E-state index < -0.39 is 17.8 Å². The first-order valence-electron chi connectivity index (χ1n) is 12.8. The van der Waals surface area contributed by atoms with Crippen LogP contribution in [0.25, 0.3) is 0 Å². The van der Waals surface area contributed by atoms with E-state index in [1.807, 2.05) is 0 Å². The molecule has 0 spiro atoms. The van der Waals surface area contributed by atoms with Gasteiger partial charge in [0.2, 0.25) is 5.91 Å². The summed E-state index contributed by atoms with van der Waals surface area (Å²) in [5.74, 6) is 4.26. The molecule has 1 saturated heterocycles. The van der Waals surface area contributed by atoms with Crippen molar-refractivity contribution >= 4 is 23.7 Å². The third-order valence-corrected chi connectivity index (χ3v) is 5.28. The van der Waals surface area contributed by atoms with E-state index in [4.69, 9.17) is 28.5 Å². The Kier molecular flexibility index (Phi) is 16.2. The Bertz CT molecular complexity index is 763. The molecule has 1 heterocycles. The topological polar surface area (TPSA) is 139 Å². The van der Waals surface area contributed by atoms with Gasteiger partial charge in [0.25, 0.3) is 11.8 Å². The minimum absolute atomic E-state index is 0.00308. The van der Waals surface area contributed by atoms with E-state index in [2.05, 4.69) is 17.2 Å². The number of amides is 3. The zero-order valence-corrected chi connectivity index (χ0v) is 21.3. The summed E-state index contributed by atoms with van der Waals surface area (Å²) in [5, 5.41) is 3.27. The maximum Gasteiger partial charge on any atom is 0.335 e. The molecular weight excluding hydrogens is 488 g/mol. The van der Waals surface area contributed by atoms with Gasteiger partial charge in [0.05, 0.1) is 59.3 Å². The Labute approximate surface area is 217 Å². The minimum atomic E-state index is -0.702. The zero-order chi connectivity index (χ0) is 26.6. The first-order chi connectivity index (χ1) is 18.1. The van der Waals surface area contributed by atoms with Gasteiger partial charge in [-0.15, -0.1) is 11.0 Å². The Balaban J connectivity index is 1.29. The lowest BCUT2D eigenvalue weighted by Gasteiger charge is -2.13. The summed E-state index contributed by atoms with van der Waals surface area (Å²) in [6, 6.07) is 0. The van der Waals surface area contributed by atoms with Crippen LogP contribution in [0.15, 0.2) is 0 Å². The van der Waals surface area contributed by atoms with Crippen LogP contribution in [-0.4, -0.2) is 101 Å². The number of nitrogens with zero attached hydrogens (tertiary/aromatic N) is 1. The number of hydrogen-bond acceptors (Lipinski definition) is 10. The molecule has 1 unspecified atom stereocenters. The highest BCUT2D eigenvalue weighted by atomic mass is 16.7. The number of rotatable bonds is 19. The van der Waals surface area contributed by atoms with Crippen molar-refractivity contribution in [2.24, 2.45) is 0 Å².